The molecule has 0 unspecified atom stereocenters. The molecule has 3 heterocycles. The van der Waals surface area contributed by atoms with E-state index in [0.29, 0.717) is 36.0 Å². The molecule has 2 aromatic heterocycles. The minimum absolute atomic E-state index is 0.0855. The van der Waals surface area contributed by atoms with Gasteiger partial charge in [0.2, 0.25) is 0 Å². The van der Waals surface area contributed by atoms with Crippen LogP contribution in [-0.2, 0) is 4.74 Å². The number of hydrogen-bond donors (Lipinski definition) is 0. The first kappa shape index (κ1) is 19.8. The van der Waals surface area contributed by atoms with E-state index in [-0.39, 0.29) is 11.7 Å². The van der Waals surface area contributed by atoms with Crippen molar-refractivity contribution in [3.8, 4) is 16.1 Å². The zero-order valence-electron chi connectivity index (χ0n) is 16.6. The monoisotopic (exact) mass is 449 g/mol. The lowest BCUT2D eigenvalue weighted by Gasteiger charge is -2.14. The van der Waals surface area contributed by atoms with Gasteiger partial charge in [-0.05, 0) is 23.8 Å². The Labute approximate surface area is 187 Å². The molecule has 6 nitrogen and oxygen atoms in total. The fraction of sp³-hybridized carbons (Fsp3) is 0.174. The molecular formula is C23H19N3O3S2. The second-order valence-electron chi connectivity index (χ2n) is 7.02. The number of fused-ring (bicyclic) bond motifs is 1. The molecule has 1 fully saturated rings. The Kier molecular flexibility index (Phi) is 5.48. The minimum atomic E-state index is -0.282. The number of rotatable bonds is 6. The number of para-hydroxylation sites is 1. The minimum Gasteiger partial charge on any atom is -0.448 e. The summed E-state index contributed by atoms with van der Waals surface area (Å²) in [5.41, 5.74) is 1.76. The molecule has 156 valence electrons. The van der Waals surface area contributed by atoms with E-state index in [1.165, 1.54) is 23.1 Å². The van der Waals surface area contributed by atoms with Gasteiger partial charge in [0.25, 0.3) is 5.56 Å². The van der Waals surface area contributed by atoms with Crippen LogP contribution in [0.3, 0.4) is 0 Å². The Balaban J connectivity index is 1.55. The quantitative estimate of drug-likeness (QED) is 0.316. The Bertz CT molecular complexity index is 1290. The second-order valence-corrected chi connectivity index (χ2v) is 9.11. The van der Waals surface area contributed by atoms with Crippen molar-refractivity contribution in [2.45, 2.75) is 5.16 Å². The first-order chi connectivity index (χ1) is 15.2. The Morgan fingerprint density at radius 2 is 1.77 bits per heavy atom. The number of aromatic nitrogens is 2. The molecule has 5 rings (SSSR count). The molecule has 0 saturated carbocycles. The van der Waals surface area contributed by atoms with E-state index < -0.39 is 0 Å². The molecule has 0 radical (unpaired) electrons. The van der Waals surface area contributed by atoms with Gasteiger partial charge in [-0.3, -0.25) is 9.36 Å². The van der Waals surface area contributed by atoms with Crippen LogP contribution in [0.25, 0.3) is 26.3 Å². The highest BCUT2D eigenvalue weighted by atomic mass is 32.2. The molecule has 2 aromatic carbocycles. The lowest BCUT2D eigenvalue weighted by Crippen LogP contribution is -2.27. The van der Waals surface area contributed by atoms with Gasteiger partial charge in [-0.1, -0.05) is 60.3 Å². The standard InChI is InChI=1S/C23H19N3O3S2/c27-21-18-15-19(16-7-3-1-4-8-16)31-20(18)24-22(26(21)17-9-5-2-6-10-17)30-14-12-25-11-13-29-23(25)28/h1-10,15H,11-14H2. The van der Waals surface area contributed by atoms with Gasteiger partial charge < -0.3 is 9.64 Å². The van der Waals surface area contributed by atoms with Crippen molar-refractivity contribution < 1.29 is 9.53 Å². The highest BCUT2D eigenvalue weighted by Gasteiger charge is 2.22. The highest BCUT2D eigenvalue weighted by molar-refractivity contribution is 7.99. The molecule has 0 N–H and O–H groups in total. The van der Waals surface area contributed by atoms with Crippen molar-refractivity contribution in [1.29, 1.82) is 0 Å². The fourth-order valence-corrected chi connectivity index (χ4v) is 5.54. The smallest absolute Gasteiger partial charge is 0.409 e. The van der Waals surface area contributed by atoms with Crippen LogP contribution in [0.2, 0.25) is 0 Å². The van der Waals surface area contributed by atoms with Crippen molar-refractivity contribution in [2.75, 3.05) is 25.4 Å². The molecule has 0 spiro atoms. The van der Waals surface area contributed by atoms with Crippen LogP contribution in [0, 0.1) is 0 Å². The van der Waals surface area contributed by atoms with E-state index in [2.05, 4.69) is 0 Å². The number of thioether (sulfide) groups is 1. The number of amides is 1. The molecular weight excluding hydrogens is 430 g/mol. The Hall–Kier alpha value is -3.10. The first-order valence-electron chi connectivity index (χ1n) is 9.92. The predicted molar refractivity (Wildman–Crippen MR) is 124 cm³/mol. The van der Waals surface area contributed by atoms with Crippen molar-refractivity contribution in [3.05, 3.63) is 77.1 Å². The normalized spacial score (nSPS) is 13.7. The average molecular weight is 450 g/mol. The summed E-state index contributed by atoms with van der Waals surface area (Å²) in [6, 6.07) is 21.5. The largest absolute Gasteiger partial charge is 0.448 e. The number of ether oxygens (including phenoxy) is 1. The van der Waals surface area contributed by atoms with Gasteiger partial charge in [0.15, 0.2) is 5.16 Å². The lowest BCUT2D eigenvalue weighted by molar-refractivity contribution is 0.160. The van der Waals surface area contributed by atoms with E-state index in [1.54, 1.807) is 9.47 Å². The van der Waals surface area contributed by atoms with Crippen molar-refractivity contribution in [1.82, 2.24) is 14.5 Å². The Morgan fingerprint density at radius 3 is 2.48 bits per heavy atom. The van der Waals surface area contributed by atoms with Crippen LogP contribution in [-0.4, -0.2) is 46.0 Å². The van der Waals surface area contributed by atoms with Gasteiger partial charge in [0.1, 0.15) is 11.4 Å². The van der Waals surface area contributed by atoms with E-state index >= 15 is 0 Å². The third kappa shape index (κ3) is 3.96. The average Bonchev–Trinajstić information content (AvgIpc) is 3.42. The zero-order valence-corrected chi connectivity index (χ0v) is 18.2. The summed E-state index contributed by atoms with van der Waals surface area (Å²) >= 11 is 2.99. The number of cyclic esters (lactones) is 1. The molecule has 1 aliphatic heterocycles. The number of benzene rings is 2. The number of thiophene rings is 1. The zero-order chi connectivity index (χ0) is 21.2. The van der Waals surface area contributed by atoms with Gasteiger partial charge in [-0.25, -0.2) is 9.78 Å². The van der Waals surface area contributed by atoms with E-state index in [0.717, 1.165) is 21.0 Å². The van der Waals surface area contributed by atoms with Crippen molar-refractivity contribution in [3.63, 3.8) is 0 Å². The molecule has 0 aliphatic carbocycles. The summed E-state index contributed by atoms with van der Waals surface area (Å²) in [7, 11) is 0. The number of hydrogen-bond acceptors (Lipinski definition) is 6. The van der Waals surface area contributed by atoms with Gasteiger partial charge in [-0.15, -0.1) is 11.3 Å². The molecule has 1 aliphatic rings. The fourth-order valence-electron chi connectivity index (χ4n) is 3.48. The molecule has 0 bridgehead atoms. The van der Waals surface area contributed by atoms with Crippen molar-refractivity contribution in [2.24, 2.45) is 0 Å². The number of carbonyl (C=O) groups is 1. The molecule has 1 saturated heterocycles. The summed E-state index contributed by atoms with van der Waals surface area (Å²) in [6.45, 7) is 1.58. The molecule has 0 atom stereocenters. The van der Waals surface area contributed by atoms with Gasteiger partial charge >= 0.3 is 6.09 Å². The second kappa shape index (κ2) is 8.56. The molecule has 1 amide bonds. The molecule has 8 heteroatoms. The van der Waals surface area contributed by atoms with Crippen LogP contribution in [0.1, 0.15) is 0 Å². The highest BCUT2D eigenvalue weighted by Crippen LogP contribution is 2.32. The molecule has 31 heavy (non-hydrogen) atoms. The topological polar surface area (TPSA) is 64.4 Å². The van der Waals surface area contributed by atoms with Gasteiger partial charge in [-0.2, -0.15) is 0 Å². The van der Waals surface area contributed by atoms with Gasteiger partial charge in [0.05, 0.1) is 17.6 Å². The van der Waals surface area contributed by atoms with Crippen molar-refractivity contribution >= 4 is 39.4 Å². The molecule has 4 aromatic rings. The van der Waals surface area contributed by atoms with Crippen LogP contribution in [0.5, 0.6) is 0 Å². The van der Waals surface area contributed by atoms with E-state index in [9.17, 15) is 9.59 Å². The number of carbonyl (C=O) groups excluding carboxylic acids is 1. The first-order valence-corrected chi connectivity index (χ1v) is 11.7. The van der Waals surface area contributed by atoms with E-state index in [4.69, 9.17) is 9.72 Å². The maximum Gasteiger partial charge on any atom is 0.409 e. The summed E-state index contributed by atoms with van der Waals surface area (Å²) in [4.78, 5) is 33.5. The maximum absolute atomic E-state index is 13.5. The third-order valence-electron chi connectivity index (χ3n) is 5.04. The van der Waals surface area contributed by atoms with Crippen LogP contribution in [0.4, 0.5) is 4.79 Å². The van der Waals surface area contributed by atoms with Crippen LogP contribution >= 0.6 is 23.1 Å². The maximum atomic E-state index is 13.5. The van der Waals surface area contributed by atoms with Gasteiger partial charge in [0, 0.05) is 17.2 Å². The summed E-state index contributed by atoms with van der Waals surface area (Å²) in [5.74, 6) is 0.622. The predicted octanol–water partition coefficient (Wildman–Crippen LogP) is 4.66. The third-order valence-corrected chi connectivity index (χ3v) is 7.04. The summed E-state index contributed by atoms with van der Waals surface area (Å²) in [6.07, 6.45) is -0.282. The Morgan fingerprint density at radius 1 is 1.03 bits per heavy atom. The van der Waals surface area contributed by atoms with E-state index in [1.807, 2.05) is 66.7 Å². The summed E-state index contributed by atoms with van der Waals surface area (Å²) < 4.78 is 6.65. The van der Waals surface area contributed by atoms with Crippen LogP contribution < -0.4 is 5.56 Å². The number of nitrogens with zero attached hydrogens (tertiary/aromatic N) is 3. The van der Waals surface area contributed by atoms with Crippen LogP contribution in [0.15, 0.2) is 76.7 Å². The summed E-state index contributed by atoms with van der Waals surface area (Å²) in [5, 5.41) is 1.23. The lowest BCUT2D eigenvalue weighted by atomic mass is 10.2. The SMILES string of the molecule is O=C1OCCN1CCSc1nc2sc(-c3ccccc3)cc2c(=O)n1-c1ccccc1.